The van der Waals surface area contributed by atoms with Crippen LogP contribution >= 0.6 is 0 Å². The second-order valence-electron chi connectivity index (χ2n) is 5.20. The number of aliphatic hydroxyl groups excluding tert-OH is 1. The molecular weight excluding hydrogens is 316 g/mol. The number of hydrogen-bond donors (Lipinski definition) is 2. The van der Waals surface area contributed by atoms with E-state index in [-0.39, 0.29) is 36.2 Å². The van der Waals surface area contributed by atoms with Gasteiger partial charge in [0.1, 0.15) is 6.04 Å². The normalized spacial score (nSPS) is 17.2. The molecule has 1 aliphatic heterocycles. The molecule has 8 nitrogen and oxygen atoms in total. The fourth-order valence-corrected chi connectivity index (χ4v) is 2.79. The molecule has 0 unspecified atom stereocenters. The van der Waals surface area contributed by atoms with Gasteiger partial charge >= 0.3 is 0 Å². The van der Waals surface area contributed by atoms with Gasteiger partial charge in [0.15, 0.2) is 11.5 Å². The molecule has 1 heterocycles. The summed E-state index contributed by atoms with van der Waals surface area (Å²) in [4.78, 5) is 26.4. The lowest BCUT2D eigenvalue weighted by Gasteiger charge is -2.35. The Hall–Kier alpha value is -2.48. The van der Waals surface area contributed by atoms with Crippen molar-refractivity contribution in [1.82, 2.24) is 10.2 Å². The molecule has 0 saturated carbocycles. The van der Waals surface area contributed by atoms with Crippen LogP contribution in [0.1, 0.15) is 16.8 Å². The third-order valence-electron chi connectivity index (χ3n) is 3.93. The Labute approximate surface area is 140 Å². The monoisotopic (exact) mass is 338 g/mol. The molecule has 0 aromatic heterocycles. The Kier molecular flexibility index (Phi) is 5.86. The Morgan fingerprint density at radius 2 is 1.96 bits per heavy atom. The van der Waals surface area contributed by atoms with E-state index in [0.717, 1.165) is 0 Å². The molecule has 1 saturated heterocycles. The van der Waals surface area contributed by atoms with E-state index < -0.39 is 6.04 Å². The maximum absolute atomic E-state index is 13.0. The Balaban J connectivity index is 2.42. The predicted molar refractivity (Wildman–Crippen MR) is 85.6 cm³/mol. The van der Waals surface area contributed by atoms with Crippen LogP contribution in [0.25, 0.3) is 0 Å². The van der Waals surface area contributed by atoms with E-state index in [1.165, 1.54) is 26.2 Å². The molecule has 1 aromatic rings. The van der Waals surface area contributed by atoms with E-state index in [2.05, 4.69) is 5.32 Å². The summed E-state index contributed by atoms with van der Waals surface area (Å²) in [5.41, 5.74) is 0.271. The number of rotatable bonds is 6. The molecule has 0 aliphatic carbocycles. The molecule has 2 N–H and O–H groups in total. The van der Waals surface area contributed by atoms with E-state index in [1.807, 2.05) is 0 Å². The largest absolute Gasteiger partial charge is 0.493 e. The molecule has 1 aromatic carbocycles. The Morgan fingerprint density at radius 3 is 2.54 bits per heavy atom. The van der Waals surface area contributed by atoms with E-state index >= 15 is 0 Å². The van der Waals surface area contributed by atoms with Gasteiger partial charge in [-0.15, -0.1) is 0 Å². The highest BCUT2D eigenvalue weighted by Crippen LogP contribution is 2.40. The highest BCUT2D eigenvalue weighted by atomic mass is 16.5. The first kappa shape index (κ1) is 17.9. The smallest absolute Gasteiger partial charge is 0.258 e. The van der Waals surface area contributed by atoms with Gasteiger partial charge in [-0.2, -0.15) is 0 Å². The summed E-state index contributed by atoms with van der Waals surface area (Å²) in [6.45, 7) is 0.528. The van der Waals surface area contributed by atoms with Crippen molar-refractivity contribution in [1.29, 1.82) is 0 Å². The summed E-state index contributed by atoms with van der Waals surface area (Å²) < 4.78 is 15.8. The minimum absolute atomic E-state index is 0.174. The zero-order valence-electron chi connectivity index (χ0n) is 14.0. The summed E-state index contributed by atoms with van der Waals surface area (Å²) in [6, 6.07) is 2.47. The van der Waals surface area contributed by atoms with Crippen molar-refractivity contribution in [3.8, 4) is 17.2 Å². The van der Waals surface area contributed by atoms with Gasteiger partial charge in [0.25, 0.3) is 5.91 Å². The Morgan fingerprint density at radius 1 is 1.25 bits per heavy atom. The van der Waals surface area contributed by atoms with Gasteiger partial charge in [0.2, 0.25) is 11.7 Å². The number of piperazine rings is 1. The third-order valence-corrected chi connectivity index (χ3v) is 3.93. The topological polar surface area (TPSA) is 97.3 Å². The number of aliphatic hydroxyl groups is 1. The van der Waals surface area contributed by atoms with E-state index in [4.69, 9.17) is 14.2 Å². The summed E-state index contributed by atoms with van der Waals surface area (Å²) >= 11 is 0. The van der Waals surface area contributed by atoms with E-state index in [1.54, 1.807) is 12.1 Å². The van der Waals surface area contributed by atoms with Crippen LogP contribution in [0.4, 0.5) is 0 Å². The number of nitrogens with zero attached hydrogens (tertiary/aromatic N) is 1. The fourth-order valence-electron chi connectivity index (χ4n) is 2.79. The number of ether oxygens (including phenoxy) is 3. The SMILES string of the molecule is COc1ccc(C(=O)N2CCNC(=O)[C@@H]2CCO)c(OC)c1OC. The van der Waals surface area contributed by atoms with Crippen molar-refractivity contribution < 1.29 is 28.9 Å². The van der Waals surface area contributed by atoms with Crippen LogP contribution in [-0.2, 0) is 4.79 Å². The number of carbonyl (C=O) groups excluding carboxylic acids is 2. The molecule has 0 bridgehead atoms. The predicted octanol–water partition coefficient (Wildman–Crippen LogP) is 0.0354. The summed E-state index contributed by atoms with van der Waals surface area (Å²) in [6.07, 6.45) is 0.174. The van der Waals surface area contributed by atoms with Gasteiger partial charge in [-0.25, -0.2) is 0 Å². The number of hydrogen-bond acceptors (Lipinski definition) is 6. The van der Waals surface area contributed by atoms with E-state index in [0.29, 0.717) is 24.6 Å². The summed E-state index contributed by atoms with van der Waals surface area (Å²) in [5.74, 6) is 0.361. The first-order valence-electron chi connectivity index (χ1n) is 7.57. The highest BCUT2D eigenvalue weighted by Gasteiger charge is 2.35. The lowest BCUT2D eigenvalue weighted by atomic mass is 10.1. The lowest BCUT2D eigenvalue weighted by Crippen LogP contribution is -2.57. The van der Waals surface area contributed by atoms with Crippen LogP contribution in [0, 0.1) is 0 Å². The van der Waals surface area contributed by atoms with Gasteiger partial charge in [-0.05, 0) is 18.6 Å². The fraction of sp³-hybridized carbons (Fsp3) is 0.500. The zero-order chi connectivity index (χ0) is 17.7. The number of amides is 2. The van der Waals surface area contributed by atoms with Gasteiger partial charge in [0, 0.05) is 19.7 Å². The van der Waals surface area contributed by atoms with Crippen LogP contribution in [-0.4, -0.2) is 68.9 Å². The molecule has 8 heteroatoms. The molecular formula is C16H22N2O6. The van der Waals surface area contributed by atoms with Crippen LogP contribution in [0.15, 0.2) is 12.1 Å². The molecule has 1 atom stereocenters. The van der Waals surface area contributed by atoms with Crippen LogP contribution < -0.4 is 19.5 Å². The zero-order valence-corrected chi connectivity index (χ0v) is 14.0. The van der Waals surface area contributed by atoms with Crippen LogP contribution in [0.5, 0.6) is 17.2 Å². The molecule has 2 amide bonds. The maximum Gasteiger partial charge on any atom is 0.258 e. The minimum Gasteiger partial charge on any atom is -0.493 e. The van der Waals surface area contributed by atoms with Crippen molar-refractivity contribution >= 4 is 11.8 Å². The van der Waals surface area contributed by atoms with Gasteiger partial charge in [0.05, 0.1) is 26.9 Å². The maximum atomic E-state index is 13.0. The van der Waals surface area contributed by atoms with E-state index in [9.17, 15) is 14.7 Å². The van der Waals surface area contributed by atoms with Crippen molar-refractivity contribution in [2.75, 3.05) is 41.0 Å². The molecule has 1 fully saturated rings. The first-order chi connectivity index (χ1) is 11.6. The highest BCUT2D eigenvalue weighted by molar-refractivity contribution is 6.01. The molecule has 0 radical (unpaired) electrons. The van der Waals surface area contributed by atoms with Crippen LogP contribution in [0.3, 0.4) is 0 Å². The molecule has 2 rings (SSSR count). The summed E-state index contributed by atoms with van der Waals surface area (Å²) in [5, 5.41) is 11.9. The number of methoxy groups -OCH3 is 3. The average Bonchev–Trinajstić information content (AvgIpc) is 2.61. The number of benzene rings is 1. The average molecular weight is 338 g/mol. The van der Waals surface area contributed by atoms with Gasteiger partial charge in [-0.1, -0.05) is 0 Å². The minimum atomic E-state index is -0.714. The molecule has 0 spiro atoms. The molecule has 24 heavy (non-hydrogen) atoms. The van der Waals surface area contributed by atoms with Crippen molar-refractivity contribution in [2.45, 2.75) is 12.5 Å². The Bertz CT molecular complexity index is 619. The van der Waals surface area contributed by atoms with Crippen LogP contribution in [0.2, 0.25) is 0 Å². The van der Waals surface area contributed by atoms with Crippen molar-refractivity contribution in [2.24, 2.45) is 0 Å². The van der Waals surface area contributed by atoms with Crippen molar-refractivity contribution in [3.63, 3.8) is 0 Å². The first-order valence-corrected chi connectivity index (χ1v) is 7.57. The van der Waals surface area contributed by atoms with Crippen molar-refractivity contribution in [3.05, 3.63) is 17.7 Å². The quantitative estimate of drug-likeness (QED) is 0.760. The molecule has 1 aliphatic rings. The number of carbonyl (C=O) groups is 2. The second-order valence-corrected chi connectivity index (χ2v) is 5.20. The second kappa shape index (κ2) is 7.87. The molecule has 132 valence electrons. The third kappa shape index (κ3) is 3.23. The standard InChI is InChI=1S/C16H22N2O6/c1-22-12-5-4-10(13(23-2)14(12)24-3)16(21)18-8-7-17-15(20)11(18)6-9-19/h4-5,11,19H,6-9H2,1-3H3,(H,17,20)/t11-/m0/s1. The van der Waals surface area contributed by atoms with Gasteiger partial charge < -0.3 is 29.5 Å². The lowest BCUT2D eigenvalue weighted by molar-refractivity contribution is -0.128. The van der Waals surface area contributed by atoms with Gasteiger partial charge in [-0.3, -0.25) is 9.59 Å². The summed E-state index contributed by atoms with van der Waals surface area (Å²) in [7, 11) is 4.38. The number of nitrogens with one attached hydrogen (secondary N) is 1.